The Kier molecular flexibility index (Phi) is 4.64. The highest BCUT2D eigenvalue weighted by Gasteiger charge is 2.22. The summed E-state index contributed by atoms with van der Waals surface area (Å²) in [6.45, 7) is 0. The van der Waals surface area contributed by atoms with Gasteiger partial charge in [0, 0.05) is 22.7 Å². The van der Waals surface area contributed by atoms with Crippen molar-refractivity contribution in [1.29, 1.82) is 0 Å². The third-order valence-electron chi connectivity index (χ3n) is 6.15. The maximum absolute atomic E-state index is 6.51. The van der Waals surface area contributed by atoms with Gasteiger partial charge in [-0.15, -0.1) is 0 Å². The van der Waals surface area contributed by atoms with Crippen molar-refractivity contribution in [3.63, 3.8) is 0 Å². The summed E-state index contributed by atoms with van der Waals surface area (Å²) in [7, 11) is 2.13. The lowest BCUT2D eigenvalue weighted by molar-refractivity contribution is -0.617. The smallest absolute Gasteiger partial charge is 0.194 e. The zero-order valence-electron chi connectivity index (χ0n) is 16.6. The van der Waals surface area contributed by atoms with Gasteiger partial charge in [-0.1, -0.05) is 79.7 Å². The normalized spacial score (nSPS) is 11.3. The van der Waals surface area contributed by atoms with Gasteiger partial charge in [0.05, 0.1) is 10.8 Å². The Morgan fingerprint density at radius 1 is 0.548 bits per heavy atom. The van der Waals surface area contributed by atoms with Crippen LogP contribution in [0.3, 0.4) is 0 Å². The number of hydrogen-bond donors (Lipinski definition) is 0. The molecule has 0 saturated heterocycles. The van der Waals surface area contributed by atoms with Crippen LogP contribution in [-0.4, -0.2) is 0 Å². The molecule has 0 aliphatic carbocycles. The van der Waals surface area contributed by atoms with Gasteiger partial charge in [-0.2, -0.15) is 4.57 Å². The van der Waals surface area contributed by atoms with Crippen molar-refractivity contribution in [2.24, 2.45) is 7.05 Å². The van der Waals surface area contributed by atoms with Crippen molar-refractivity contribution in [3.8, 4) is 11.1 Å². The van der Waals surface area contributed by atoms with Crippen LogP contribution in [-0.2, 0) is 7.05 Å². The SMILES string of the molecule is C.C[n+]1c2ccccc2c(-c2c3ccccc3cc3ccccc23)c2cc(Cl)ccc21. The lowest BCUT2D eigenvalue weighted by Gasteiger charge is -2.16. The molecule has 2 heteroatoms. The second-order valence-electron chi connectivity index (χ2n) is 7.81. The molecule has 5 aromatic carbocycles. The summed E-state index contributed by atoms with van der Waals surface area (Å²) in [5.74, 6) is 0. The highest BCUT2D eigenvalue weighted by atomic mass is 35.5. The molecule has 0 saturated carbocycles. The molecule has 31 heavy (non-hydrogen) atoms. The second kappa shape index (κ2) is 7.37. The molecule has 150 valence electrons. The van der Waals surface area contributed by atoms with Crippen LogP contribution < -0.4 is 4.57 Å². The predicted molar refractivity (Wildman–Crippen MR) is 135 cm³/mol. The Hall–Kier alpha value is -3.42. The zero-order chi connectivity index (χ0) is 20.2. The highest BCUT2D eigenvalue weighted by Crippen LogP contribution is 2.42. The van der Waals surface area contributed by atoms with E-state index in [2.05, 4.69) is 103 Å². The Morgan fingerprint density at radius 2 is 1.06 bits per heavy atom. The quantitative estimate of drug-likeness (QED) is 0.187. The van der Waals surface area contributed by atoms with Gasteiger partial charge in [0.25, 0.3) is 0 Å². The fourth-order valence-electron chi connectivity index (χ4n) is 4.81. The molecule has 1 heterocycles. The third kappa shape index (κ3) is 2.89. The van der Waals surface area contributed by atoms with Crippen LogP contribution in [0.1, 0.15) is 7.43 Å². The van der Waals surface area contributed by atoms with E-state index in [9.17, 15) is 0 Å². The van der Waals surface area contributed by atoms with E-state index in [4.69, 9.17) is 11.6 Å². The molecule has 0 N–H and O–H groups in total. The van der Waals surface area contributed by atoms with Gasteiger partial charge in [-0.25, -0.2) is 0 Å². The number of benzene rings is 5. The molecule has 0 amide bonds. The van der Waals surface area contributed by atoms with E-state index in [1.165, 1.54) is 54.5 Å². The predicted octanol–water partition coefficient (Wildman–Crippen LogP) is 8.08. The largest absolute Gasteiger partial charge is 0.213 e. The summed E-state index contributed by atoms with van der Waals surface area (Å²) in [6, 6.07) is 34.5. The van der Waals surface area contributed by atoms with Crippen LogP contribution in [0.15, 0.2) is 97.1 Å². The molecule has 0 aliphatic heterocycles. The van der Waals surface area contributed by atoms with Crippen molar-refractivity contribution >= 4 is 55.0 Å². The number of hydrogen-bond acceptors (Lipinski definition) is 0. The van der Waals surface area contributed by atoms with Crippen LogP contribution in [0.2, 0.25) is 5.02 Å². The number of para-hydroxylation sites is 1. The summed E-state index contributed by atoms with van der Waals surface area (Å²) in [6.07, 6.45) is 0. The molecule has 1 aromatic heterocycles. The molecule has 6 aromatic rings. The van der Waals surface area contributed by atoms with E-state index in [1.54, 1.807) is 0 Å². The van der Waals surface area contributed by atoms with Crippen LogP contribution in [0.4, 0.5) is 0 Å². The molecule has 0 spiro atoms. The minimum atomic E-state index is 0. The summed E-state index contributed by atoms with van der Waals surface area (Å²) in [5.41, 5.74) is 4.89. The number of pyridine rings is 1. The minimum Gasteiger partial charge on any atom is -0.194 e. The van der Waals surface area contributed by atoms with E-state index >= 15 is 0 Å². The van der Waals surface area contributed by atoms with E-state index in [1.807, 2.05) is 6.07 Å². The maximum atomic E-state index is 6.51. The lowest BCUT2D eigenvalue weighted by Crippen LogP contribution is -2.30. The van der Waals surface area contributed by atoms with E-state index in [0.29, 0.717) is 0 Å². The van der Waals surface area contributed by atoms with E-state index in [-0.39, 0.29) is 7.43 Å². The Bertz CT molecular complexity index is 1560. The molecular weight excluding hydrogens is 398 g/mol. The van der Waals surface area contributed by atoms with E-state index < -0.39 is 0 Å². The van der Waals surface area contributed by atoms with Crippen molar-refractivity contribution in [3.05, 3.63) is 102 Å². The number of fused-ring (bicyclic) bond motifs is 4. The van der Waals surface area contributed by atoms with E-state index in [0.717, 1.165) is 5.02 Å². The third-order valence-corrected chi connectivity index (χ3v) is 6.38. The number of halogens is 1. The standard InChI is InChI=1S/C28H19ClN.CH4/c1-30-25-13-7-6-12-23(25)28(24-17-20(29)14-15-26(24)30)27-21-10-4-2-8-18(21)16-19-9-3-5-11-22(19)27;/h2-17H,1H3;1H4/q+1;. The lowest BCUT2D eigenvalue weighted by atomic mass is 9.88. The molecule has 0 atom stereocenters. The molecular formula is C29H23ClN+. The first kappa shape index (κ1) is 19.5. The van der Waals surface area contributed by atoms with Gasteiger partial charge in [0.15, 0.2) is 0 Å². The first-order valence-corrected chi connectivity index (χ1v) is 10.5. The van der Waals surface area contributed by atoms with Crippen LogP contribution >= 0.6 is 11.6 Å². The van der Waals surface area contributed by atoms with Gasteiger partial charge in [0.1, 0.15) is 7.05 Å². The summed E-state index contributed by atoms with van der Waals surface area (Å²) in [5, 5.41) is 8.18. The molecule has 0 bridgehead atoms. The maximum Gasteiger partial charge on any atom is 0.213 e. The Balaban J connectivity index is 0.00000204. The molecule has 0 radical (unpaired) electrons. The van der Waals surface area contributed by atoms with Crippen molar-refractivity contribution < 1.29 is 4.57 Å². The van der Waals surface area contributed by atoms with Gasteiger partial charge >= 0.3 is 0 Å². The first-order valence-electron chi connectivity index (χ1n) is 10.1. The first-order chi connectivity index (χ1) is 14.7. The van der Waals surface area contributed by atoms with Crippen LogP contribution in [0.25, 0.3) is 54.5 Å². The molecule has 6 rings (SSSR count). The minimum absolute atomic E-state index is 0. The zero-order valence-corrected chi connectivity index (χ0v) is 17.3. The summed E-state index contributed by atoms with van der Waals surface area (Å²) >= 11 is 6.51. The van der Waals surface area contributed by atoms with Gasteiger partial charge in [-0.3, -0.25) is 0 Å². The fourth-order valence-corrected chi connectivity index (χ4v) is 4.98. The monoisotopic (exact) mass is 420 g/mol. The fraction of sp³-hybridized carbons (Fsp3) is 0.0690. The molecule has 0 fully saturated rings. The highest BCUT2D eigenvalue weighted by molar-refractivity contribution is 6.32. The Morgan fingerprint density at radius 3 is 1.74 bits per heavy atom. The topological polar surface area (TPSA) is 3.88 Å². The van der Waals surface area contributed by atoms with Crippen molar-refractivity contribution in [2.75, 3.05) is 0 Å². The number of aryl methyl sites for hydroxylation is 1. The second-order valence-corrected chi connectivity index (χ2v) is 8.24. The molecule has 1 nitrogen and oxygen atoms in total. The van der Waals surface area contributed by atoms with Gasteiger partial charge < -0.3 is 0 Å². The molecule has 0 aliphatic rings. The van der Waals surface area contributed by atoms with Crippen molar-refractivity contribution in [2.45, 2.75) is 7.43 Å². The molecule has 0 unspecified atom stereocenters. The number of nitrogens with zero attached hydrogens (tertiary/aromatic N) is 1. The average Bonchev–Trinajstić information content (AvgIpc) is 2.78. The van der Waals surface area contributed by atoms with Gasteiger partial charge in [0.2, 0.25) is 11.0 Å². The van der Waals surface area contributed by atoms with Gasteiger partial charge in [-0.05, 0) is 51.4 Å². The van der Waals surface area contributed by atoms with Crippen LogP contribution in [0, 0.1) is 0 Å². The van der Waals surface area contributed by atoms with Crippen LogP contribution in [0.5, 0.6) is 0 Å². The van der Waals surface area contributed by atoms with Crippen molar-refractivity contribution in [1.82, 2.24) is 0 Å². The number of rotatable bonds is 1. The average molecular weight is 421 g/mol. The Labute approximate surface area is 187 Å². The summed E-state index contributed by atoms with van der Waals surface area (Å²) < 4.78 is 2.26. The number of aromatic nitrogens is 1. The summed E-state index contributed by atoms with van der Waals surface area (Å²) in [4.78, 5) is 0.